The van der Waals surface area contributed by atoms with E-state index < -0.39 is 0 Å². The molecule has 0 unspecified atom stereocenters. The standard InChI is InChI=1S/C18H21N3O2/c1-5-10-23-15-9-7-6-8-14(15)21-16(22)13-11-19-17(20-12-13)18(2,3)4/h5-9,11-12H,1,10H2,2-4H3,(H,21,22). The van der Waals surface area contributed by atoms with Crippen LogP contribution < -0.4 is 10.1 Å². The number of anilines is 1. The lowest BCUT2D eigenvalue weighted by Crippen LogP contribution is -2.18. The molecule has 0 fully saturated rings. The van der Waals surface area contributed by atoms with Crippen molar-refractivity contribution in [1.29, 1.82) is 0 Å². The topological polar surface area (TPSA) is 64.1 Å². The van der Waals surface area contributed by atoms with Crippen LogP contribution in [-0.4, -0.2) is 22.5 Å². The zero-order chi connectivity index (χ0) is 16.9. The summed E-state index contributed by atoms with van der Waals surface area (Å²) in [5.41, 5.74) is 0.843. The van der Waals surface area contributed by atoms with Gasteiger partial charge >= 0.3 is 0 Å². The van der Waals surface area contributed by atoms with Crippen LogP contribution in [0.25, 0.3) is 0 Å². The van der Waals surface area contributed by atoms with Crippen LogP contribution in [0.2, 0.25) is 0 Å². The van der Waals surface area contributed by atoms with E-state index in [0.29, 0.717) is 29.4 Å². The number of nitrogens with one attached hydrogen (secondary N) is 1. The zero-order valence-electron chi connectivity index (χ0n) is 13.7. The second kappa shape index (κ2) is 7.05. The number of nitrogens with zero attached hydrogens (tertiary/aromatic N) is 2. The lowest BCUT2D eigenvalue weighted by molar-refractivity contribution is 0.102. The number of hydrogen-bond donors (Lipinski definition) is 1. The molecule has 0 bridgehead atoms. The molecule has 0 aliphatic heterocycles. The second-order valence-electron chi connectivity index (χ2n) is 6.10. The van der Waals surface area contributed by atoms with Gasteiger partial charge in [-0.2, -0.15) is 0 Å². The molecule has 23 heavy (non-hydrogen) atoms. The lowest BCUT2D eigenvalue weighted by Gasteiger charge is -2.16. The molecule has 0 atom stereocenters. The monoisotopic (exact) mass is 311 g/mol. The Morgan fingerprint density at radius 2 is 1.91 bits per heavy atom. The summed E-state index contributed by atoms with van der Waals surface area (Å²) in [5, 5.41) is 2.82. The summed E-state index contributed by atoms with van der Waals surface area (Å²) in [5.74, 6) is 1.01. The van der Waals surface area contributed by atoms with Gasteiger partial charge in [0.15, 0.2) is 0 Å². The fourth-order valence-electron chi connectivity index (χ4n) is 1.87. The molecule has 0 aliphatic rings. The minimum absolute atomic E-state index is 0.153. The molecule has 0 aliphatic carbocycles. The highest BCUT2D eigenvalue weighted by atomic mass is 16.5. The molecule has 1 amide bonds. The number of amides is 1. The first-order chi connectivity index (χ1) is 10.9. The molecule has 5 nitrogen and oxygen atoms in total. The number of benzene rings is 1. The van der Waals surface area contributed by atoms with Crippen LogP contribution in [0.15, 0.2) is 49.3 Å². The third-order valence-corrected chi connectivity index (χ3v) is 3.08. The van der Waals surface area contributed by atoms with E-state index in [1.807, 2.05) is 32.9 Å². The van der Waals surface area contributed by atoms with Gasteiger partial charge in [0.1, 0.15) is 18.2 Å². The van der Waals surface area contributed by atoms with E-state index in [-0.39, 0.29) is 11.3 Å². The van der Waals surface area contributed by atoms with Gasteiger partial charge in [-0.3, -0.25) is 4.79 Å². The fourth-order valence-corrected chi connectivity index (χ4v) is 1.87. The van der Waals surface area contributed by atoms with Crippen molar-refractivity contribution in [3.63, 3.8) is 0 Å². The summed E-state index contributed by atoms with van der Waals surface area (Å²) >= 11 is 0. The Balaban J connectivity index is 2.15. The second-order valence-corrected chi connectivity index (χ2v) is 6.10. The molecule has 0 saturated heterocycles. The highest BCUT2D eigenvalue weighted by Crippen LogP contribution is 2.24. The number of rotatable bonds is 5. The number of carbonyl (C=O) groups excluding carboxylic acids is 1. The van der Waals surface area contributed by atoms with Crippen LogP contribution in [0, 0.1) is 0 Å². The summed E-state index contributed by atoms with van der Waals surface area (Å²) in [4.78, 5) is 20.9. The van der Waals surface area contributed by atoms with Gasteiger partial charge in [0.2, 0.25) is 0 Å². The predicted octanol–water partition coefficient (Wildman–Crippen LogP) is 3.59. The fraction of sp³-hybridized carbons (Fsp3) is 0.278. The van der Waals surface area contributed by atoms with Crippen LogP contribution in [0.1, 0.15) is 37.0 Å². The molecule has 1 heterocycles. The summed E-state index contributed by atoms with van der Waals surface area (Å²) in [7, 11) is 0. The average Bonchev–Trinajstić information content (AvgIpc) is 2.53. The number of para-hydroxylation sites is 2. The third-order valence-electron chi connectivity index (χ3n) is 3.08. The Bertz CT molecular complexity index is 688. The van der Waals surface area contributed by atoms with E-state index in [1.54, 1.807) is 18.2 Å². The smallest absolute Gasteiger partial charge is 0.258 e. The lowest BCUT2D eigenvalue weighted by atomic mass is 9.96. The van der Waals surface area contributed by atoms with E-state index in [9.17, 15) is 4.79 Å². The molecular weight excluding hydrogens is 290 g/mol. The minimum atomic E-state index is -0.278. The first-order valence-electron chi connectivity index (χ1n) is 7.38. The van der Waals surface area contributed by atoms with Crippen molar-refractivity contribution in [1.82, 2.24) is 9.97 Å². The average molecular weight is 311 g/mol. The predicted molar refractivity (Wildman–Crippen MR) is 90.8 cm³/mol. The van der Waals surface area contributed by atoms with Gasteiger partial charge in [0.05, 0.1) is 11.3 Å². The van der Waals surface area contributed by atoms with Crippen molar-refractivity contribution in [2.45, 2.75) is 26.2 Å². The first-order valence-corrected chi connectivity index (χ1v) is 7.38. The molecule has 1 N–H and O–H groups in total. The molecule has 0 spiro atoms. The Morgan fingerprint density at radius 3 is 2.52 bits per heavy atom. The number of aromatic nitrogens is 2. The van der Waals surface area contributed by atoms with Crippen molar-refractivity contribution < 1.29 is 9.53 Å². The maximum Gasteiger partial charge on any atom is 0.258 e. The SMILES string of the molecule is C=CCOc1ccccc1NC(=O)c1cnc(C(C)(C)C)nc1. The Kier molecular flexibility index (Phi) is 5.11. The van der Waals surface area contributed by atoms with Gasteiger partial charge in [-0.05, 0) is 12.1 Å². The van der Waals surface area contributed by atoms with Crippen LogP contribution >= 0.6 is 0 Å². The Hall–Kier alpha value is -2.69. The Labute approximate surface area is 136 Å². The summed E-state index contributed by atoms with van der Waals surface area (Å²) < 4.78 is 5.52. The van der Waals surface area contributed by atoms with E-state index >= 15 is 0 Å². The summed E-state index contributed by atoms with van der Waals surface area (Å²) in [6.45, 7) is 10.1. The number of carbonyl (C=O) groups is 1. The van der Waals surface area contributed by atoms with Crippen molar-refractivity contribution in [3.8, 4) is 5.75 Å². The first kappa shape index (κ1) is 16.7. The van der Waals surface area contributed by atoms with Gasteiger partial charge in [-0.1, -0.05) is 45.6 Å². The summed E-state index contributed by atoms with van der Waals surface area (Å²) in [6, 6.07) is 7.24. The highest BCUT2D eigenvalue weighted by Gasteiger charge is 2.18. The van der Waals surface area contributed by atoms with Crippen molar-refractivity contribution in [2.24, 2.45) is 0 Å². The molecular formula is C18H21N3O2. The quantitative estimate of drug-likeness (QED) is 0.857. The van der Waals surface area contributed by atoms with Gasteiger partial charge in [-0.25, -0.2) is 9.97 Å². The van der Waals surface area contributed by atoms with Gasteiger partial charge in [0, 0.05) is 17.8 Å². The van der Waals surface area contributed by atoms with Crippen LogP contribution in [0.4, 0.5) is 5.69 Å². The van der Waals surface area contributed by atoms with E-state index in [0.717, 1.165) is 0 Å². The highest BCUT2D eigenvalue weighted by molar-refractivity contribution is 6.04. The van der Waals surface area contributed by atoms with E-state index in [4.69, 9.17) is 4.74 Å². The minimum Gasteiger partial charge on any atom is -0.487 e. The van der Waals surface area contributed by atoms with Crippen LogP contribution in [-0.2, 0) is 5.41 Å². The molecule has 120 valence electrons. The van der Waals surface area contributed by atoms with E-state index in [2.05, 4.69) is 21.9 Å². The molecule has 1 aromatic heterocycles. The van der Waals surface area contributed by atoms with Gasteiger partial charge in [0.25, 0.3) is 5.91 Å². The van der Waals surface area contributed by atoms with Crippen molar-refractivity contribution in [3.05, 3.63) is 60.7 Å². The van der Waals surface area contributed by atoms with Crippen LogP contribution in [0.5, 0.6) is 5.75 Å². The Morgan fingerprint density at radius 1 is 1.26 bits per heavy atom. The van der Waals surface area contributed by atoms with Crippen LogP contribution in [0.3, 0.4) is 0 Å². The normalized spacial score (nSPS) is 10.9. The molecule has 2 aromatic rings. The molecule has 2 rings (SSSR count). The largest absolute Gasteiger partial charge is 0.487 e. The van der Waals surface area contributed by atoms with Gasteiger partial charge < -0.3 is 10.1 Å². The zero-order valence-corrected chi connectivity index (χ0v) is 13.7. The molecule has 1 aromatic carbocycles. The maximum atomic E-state index is 12.3. The van der Waals surface area contributed by atoms with Crippen molar-refractivity contribution >= 4 is 11.6 Å². The van der Waals surface area contributed by atoms with E-state index in [1.165, 1.54) is 12.4 Å². The summed E-state index contributed by atoms with van der Waals surface area (Å²) in [6.07, 6.45) is 4.73. The number of hydrogen-bond acceptors (Lipinski definition) is 4. The number of ether oxygens (including phenoxy) is 1. The maximum absolute atomic E-state index is 12.3. The van der Waals surface area contributed by atoms with Gasteiger partial charge in [-0.15, -0.1) is 0 Å². The van der Waals surface area contributed by atoms with Crippen molar-refractivity contribution in [2.75, 3.05) is 11.9 Å². The molecule has 5 heteroatoms. The molecule has 0 saturated carbocycles. The third kappa shape index (κ3) is 4.39. The molecule has 0 radical (unpaired) electrons.